The first kappa shape index (κ1) is 39.5. The van der Waals surface area contributed by atoms with E-state index in [1.807, 2.05) is 25.3 Å². The third-order valence-electron chi connectivity index (χ3n) is 7.72. The number of aromatic nitrogens is 4. The number of unbranched alkanes of at least 4 members (excludes halogenated alkanes) is 13. The van der Waals surface area contributed by atoms with E-state index >= 15 is 0 Å². The maximum absolute atomic E-state index is 13.8. The number of anilines is 1. The monoisotopic (exact) mass is 669 g/mol. The van der Waals surface area contributed by atoms with Crippen LogP contribution < -0.4 is 5.73 Å². The Morgan fingerprint density at radius 3 is 2.09 bits per heavy atom. The van der Waals surface area contributed by atoms with Crippen molar-refractivity contribution in [3.8, 4) is 0 Å². The molecule has 10 nitrogen and oxygen atoms in total. The molecule has 2 rings (SSSR count). The van der Waals surface area contributed by atoms with Crippen LogP contribution in [-0.4, -0.2) is 68.2 Å². The highest BCUT2D eigenvalue weighted by Gasteiger charge is 2.26. The van der Waals surface area contributed by atoms with Gasteiger partial charge in [0.1, 0.15) is 31.7 Å². The predicted octanol–water partition coefficient (Wildman–Crippen LogP) is 9.26. The average Bonchev–Trinajstić information content (AvgIpc) is 3.42. The normalized spacial score (nSPS) is 13.8. The molecule has 0 unspecified atom stereocenters. The van der Waals surface area contributed by atoms with Gasteiger partial charge in [-0.2, -0.15) is 0 Å². The number of nitrogen functional groups attached to an aromatic ring is 1. The first-order valence-corrected chi connectivity index (χ1v) is 20.4. The van der Waals surface area contributed by atoms with Crippen molar-refractivity contribution in [1.82, 2.24) is 19.5 Å². The lowest BCUT2D eigenvalue weighted by Crippen LogP contribution is -2.19. The Hall–Kier alpha value is -1.68. The molecule has 0 aliphatic rings. The minimum Gasteiger partial charge on any atom is -0.450 e. The van der Waals surface area contributed by atoms with Crippen LogP contribution in [0.4, 0.5) is 10.6 Å². The molecule has 2 aromatic rings. The third kappa shape index (κ3) is 17.7. The molecule has 0 fully saturated rings. The molecule has 2 aromatic heterocycles. The number of carbonyl (C=O) groups excluding carboxylic acids is 1. The second-order valence-electron chi connectivity index (χ2n) is 12.5. The SMILES string of the molecule is CCCCCCCCCCCCCCCCOCCC[P@](=O)(COC(=O)SC(C)C)CO[C@H](C)Cn1cnc2c(N)ncnc21. The molecular weight excluding hydrogens is 609 g/mol. The first-order valence-electron chi connectivity index (χ1n) is 17.2. The number of hydrogen-bond donors (Lipinski definition) is 1. The van der Waals surface area contributed by atoms with Crippen LogP contribution in [0.25, 0.3) is 11.2 Å². The molecule has 2 N–H and O–H groups in total. The van der Waals surface area contributed by atoms with Gasteiger partial charge in [0.15, 0.2) is 11.5 Å². The zero-order chi connectivity index (χ0) is 32.8. The number of nitrogens with two attached hydrogens (primary N) is 1. The Morgan fingerprint density at radius 1 is 0.867 bits per heavy atom. The lowest BCUT2D eigenvalue weighted by Gasteiger charge is -2.21. The lowest BCUT2D eigenvalue weighted by atomic mass is 10.0. The Balaban J connectivity index is 1.62. The van der Waals surface area contributed by atoms with Crippen molar-refractivity contribution in [2.75, 3.05) is 37.8 Å². The summed E-state index contributed by atoms with van der Waals surface area (Å²) >= 11 is 1.10. The van der Waals surface area contributed by atoms with E-state index < -0.39 is 12.4 Å². The minimum atomic E-state index is -2.94. The van der Waals surface area contributed by atoms with Gasteiger partial charge in [-0.3, -0.25) is 0 Å². The number of ether oxygens (including phenoxy) is 3. The fourth-order valence-electron chi connectivity index (χ4n) is 5.14. The van der Waals surface area contributed by atoms with Crippen molar-refractivity contribution in [2.24, 2.45) is 0 Å². The van der Waals surface area contributed by atoms with Crippen molar-refractivity contribution >= 4 is 41.2 Å². The Kier molecular flexibility index (Phi) is 20.7. The van der Waals surface area contributed by atoms with Crippen molar-refractivity contribution < 1.29 is 23.6 Å². The summed E-state index contributed by atoms with van der Waals surface area (Å²) < 4.78 is 33.0. The number of fused-ring (bicyclic) bond motifs is 1. The molecule has 0 saturated heterocycles. The highest BCUT2D eigenvalue weighted by atomic mass is 32.2. The van der Waals surface area contributed by atoms with Crippen LogP contribution in [0.3, 0.4) is 0 Å². The average molecular weight is 670 g/mol. The number of carbonyl (C=O) groups is 1. The van der Waals surface area contributed by atoms with Gasteiger partial charge in [-0.15, -0.1) is 0 Å². The predicted molar refractivity (Wildman–Crippen MR) is 187 cm³/mol. The minimum absolute atomic E-state index is 0.0243. The van der Waals surface area contributed by atoms with Crippen molar-refractivity contribution in [1.29, 1.82) is 0 Å². The quantitative estimate of drug-likeness (QED) is 0.0558. The van der Waals surface area contributed by atoms with E-state index in [9.17, 15) is 9.36 Å². The van der Waals surface area contributed by atoms with E-state index in [4.69, 9.17) is 19.9 Å². The summed E-state index contributed by atoms with van der Waals surface area (Å²) in [4.78, 5) is 24.7. The summed E-state index contributed by atoms with van der Waals surface area (Å²) in [6.45, 7) is 9.73. The third-order valence-corrected chi connectivity index (χ3v) is 10.9. The molecule has 0 radical (unpaired) electrons. The molecule has 0 aliphatic carbocycles. The second-order valence-corrected chi connectivity index (χ2v) is 17.1. The van der Waals surface area contributed by atoms with Gasteiger partial charge in [-0.05, 0) is 31.5 Å². The van der Waals surface area contributed by atoms with Gasteiger partial charge in [-0.1, -0.05) is 104 Å². The molecule has 0 aliphatic heterocycles. The largest absolute Gasteiger partial charge is 0.450 e. The fraction of sp³-hybridized carbons (Fsp3) is 0.818. The van der Waals surface area contributed by atoms with Gasteiger partial charge in [0, 0.05) is 24.6 Å². The topological polar surface area (TPSA) is 131 Å². The molecule has 258 valence electrons. The standard InChI is InChI=1S/C33H60N5O5PS/c1-5-6-7-8-9-10-11-12-13-14-15-16-17-18-20-41-21-19-22-44(40,27-43-33(39)45-28(2)3)26-42-29(4)23-38-25-37-30-31(34)35-24-36-32(30)38/h24-25,28-29H,5-23,26-27H2,1-4H3,(H2,34,35,36)/t29-,44-/m1/s1. The van der Waals surface area contributed by atoms with Gasteiger partial charge in [0.05, 0.1) is 19.0 Å². The van der Waals surface area contributed by atoms with Crippen molar-refractivity contribution in [3.05, 3.63) is 12.7 Å². The number of nitrogens with zero attached hydrogens (tertiary/aromatic N) is 4. The van der Waals surface area contributed by atoms with E-state index in [0.29, 0.717) is 42.7 Å². The molecule has 2 atom stereocenters. The molecular formula is C33H60N5O5PS. The number of rotatable bonds is 27. The molecule has 0 spiro atoms. The molecule has 0 bridgehead atoms. The highest BCUT2D eigenvalue weighted by Crippen LogP contribution is 2.47. The second kappa shape index (κ2) is 23.6. The zero-order valence-electron chi connectivity index (χ0n) is 28.4. The van der Waals surface area contributed by atoms with Crippen LogP contribution in [0.15, 0.2) is 12.7 Å². The highest BCUT2D eigenvalue weighted by molar-refractivity contribution is 8.13. The summed E-state index contributed by atoms with van der Waals surface area (Å²) in [5, 5.41) is -0.311. The Bertz CT molecular complexity index is 1120. The summed E-state index contributed by atoms with van der Waals surface area (Å²) in [5.74, 6) is 0.324. The molecule has 45 heavy (non-hydrogen) atoms. The molecule has 0 amide bonds. The van der Waals surface area contributed by atoms with Gasteiger partial charge in [0.25, 0.3) is 0 Å². The lowest BCUT2D eigenvalue weighted by molar-refractivity contribution is 0.0847. The van der Waals surface area contributed by atoms with Crippen molar-refractivity contribution in [2.45, 2.75) is 142 Å². The maximum Gasteiger partial charge on any atom is 0.368 e. The Labute approximate surface area is 276 Å². The molecule has 0 saturated carbocycles. The van der Waals surface area contributed by atoms with E-state index in [1.54, 1.807) is 6.33 Å². The van der Waals surface area contributed by atoms with Gasteiger partial charge >= 0.3 is 5.30 Å². The fourth-order valence-corrected chi connectivity index (χ4v) is 7.66. The molecule has 12 heteroatoms. The van der Waals surface area contributed by atoms with Crippen LogP contribution >= 0.6 is 18.9 Å². The first-order chi connectivity index (χ1) is 21.7. The van der Waals surface area contributed by atoms with Crippen LogP contribution in [0.5, 0.6) is 0 Å². The number of imidazole rings is 1. The molecule has 0 aromatic carbocycles. The van der Waals surface area contributed by atoms with Crippen LogP contribution in [0, 0.1) is 0 Å². The van der Waals surface area contributed by atoms with E-state index in [0.717, 1.165) is 24.8 Å². The Morgan fingerprint density at radius 2 is 1.47 bits per heavy atom. The molecule has 2 heterocycles. The van der Waals surface area contributed by atoms with Crippen LogP contribution in [-0.2, 0) is 25.3 Å². The summed E-state index contributed by atoms with van der Waals surface area (Å²) in [6, 6.07) is 0. The van der Waals surface area contributed by atoms with E-state index in [-0.39, 0.29) is 24.0 Å². The van der Waals surface area contributed by atoms with Crippen LogP contribution in [0.2, 0.25) is 0 Å². The summed E-state index contributed by atoms with van der Waals surface area (Å²) in [5.41, 5.74) is 7.06. The number of thioether (sulfide) groups is 1. The van der Waals surface area contributed by atoms with Gasteiger partial charge < -0.3 is 29.1 Å². The maximum atomic E-state index is 13.8. The van der Waals surface area contributed by atoms with Gasteiger partial charge in [0.2, 0.25) is 0 Å². The number of hydrogen-bond acceptors (Lipinski definition) is 10. The van der Waals surface area contributed by atoms with Crippen molar-refractivity contribution in [3.63, 3.8) is 0 Å². The smallest absolute Gasteiger partial charge is 0.368 e. The van der Waals surface area contributed by atoms with Gasteiger partial charge in [-0.25, -0.2) is 19.7 Å². The van der Waals surface area contributed by atoms with E-state index in [2.05, 4.69) is 21.9 Å². The summed E-state index contributed by atoms with van der Waals surface area (Å²) in [7, 11) is -2.94. The van der Waals surface area contributed by atoms with Crippen LogP contribution in [0.1, 0.15) is 124 Å². The van der Waals surface area contributed by atoms with E-state index in [1.165, 1.54) is 89.8 Å². The zero-order valence-corrected chi connectivity index (χ0v) is 30.1. The summed E-state index contributed by atoms with van der Waals surface area (Å²) in [6.07, 6.45) is 22.4.